The zero-order valence-corrected chi connectivity index (χ0v) is 12.0. The van der Waals surface area contributed by atoms with E-state index in [0.29, 0.717) is 19.6 Å². The Labute approximate surface area is 115 Å². The van der Waals surface area contributed by atoms with Crippen LogP contribution in [0.2, 0.25) is 0 Å². The van der Waals surface area contributed by atoms with Crippen LogP contribution in [0.5, 0.6) is 0 Å². The van der Waals surface area contributed by atoms with Crippen LogP contribution >= 0.6 is 11.3 Å². The fourth-order valence-corrected chi connectivity index (χ4v) is 4.96. The number of rotatable bonds is 4. The Hall–Kier alpha value is -0.960. The van der Waals surface area contributed by atoms with Crippen molar-refractivity contribution >= 4 is 27.3 Å². The predicted molar refractivity (Wildman–Crippen MR) is 70.1 cm³/mol. The topological polar surface area (TPSA) is 83.9 Å². The minimum Gasteiger partial charge on any atom is -0.477 e. The summed E-state index contributed by atoms with van der Waals surface area (Å²) in [6, 6.07) is 1.12. The molecule has 19 heavy (non-hydrogen) atoms. The second-order valence-corrected chi connectivity index (χ2v) is 6.95. The van der Waals surface area contributed by atoms with Crippen LogP contribution in [0, 0.1) is 0 Å². The van der Waals surface area contributed by atoms with Gasteiger partial charge < -0.3 is 9.84 Å². The summed E-state index contributed by atoms with van der Waals surface area (Å²) in [6.07, 6.45) is 0.631. The summed E-state index contributed by atoms with van der Waals surface area (Å²) in [4.78, 5) is 10.8. The van der Waals surface area contributed by atoms with Crippen LogP contribution in [-0.4, -0.2) is 49.6 Å². The van der Waals surface area contributed by atoms with Crippen molar-refractivity contribution in [2.75, 3.05) is 19.8 Å². The maximum Gasteiger partial charge on any atom is 0.347 e. The van der Waals surface area contributed by atoms with Crippen molar-refractivity contribution in [2.45, 2.75) is 24.3 Å². The molecule has 0 amide bonds. The van der Waals surface area contributed by atoms with Crippen molar-refractivity contribution in [1.29, 1.82) is 0 Å². The Morgan fingerprint density at radius 3 is 3.00 bits per heavy atom. The molecule has 2 rings (SSSR count). The smallest absolute Gasteiger partial charge is 0.347 e. The van der Waals surface area contributed by atoms with Gasteiger partial charge in [0.1, 0.15) is 9.77 Å². The van der Waals surface area contributed by atoms with Gasteiger partial charge in [-0.15, -0.1) is 11.3 Å². The first-order valence-electron chi connectivity index (χ1n) is 5.88. The van der Waals surface area contributed by atoms with Gasteiger partial charge in [0, 0.05) is 12.6 Å². The van der Waals surface area contributed by atoms with Crippen LogP contribution < -0.4 is 0 Å². The number of carboxylic acids is 1. The van der Waals surface area contributed by atoms with Gasteiger partial charge in [-0.1, -0.05) is 6.92 Å². The predicted octanol–water partition coefficient (Wildman–Crippen LogP) is 1.25. The fraction of sp³-hybridized carbons (Fsp3) is 0.545. The zero-order chi connectivity index (χ0) is 14.0. The highest BCUT2D eigenvalue weighted by Gasteiger charge is 2.35. The van der Waals surface area contributed by atoms with E-state index in [9.17, 15) is 13.2 Å². The number of morpholine rings is 1. The molecule has 8 heteroatoms. The lowest BCUT2D eigenvalue weighted by atomic mass is 10.2. The van der Waals surface area contributed by atoms with Gasteiger partial charge in [0.05, 0.1) is 13.2 Å². The van der Waals surface area contributed by atoms with E-state index in [-0.39, 0.29) is 22.4 Å². The maximum absolute atomic E-state index is 12.6. The molecule has 0 saturated carbocycles. The highest BCUT2D eigenvalue weighted by atomic mass is 32.2. The summed E-state index contributed by atoms with van der Waals surface area (Å²) in [6.45, 7) is 2.83. The number of aromatic carboxylic acids is 1. The van der Waals surface area contributed by atoms with Gasteiger partial charge in [-0.2, -0.15) is 4.31 Å². The molecule has 1 aliphatic heterocycles. The number of carbonyl (C=O) groups is 1. The summed E-state index contributed by atoms with van der Waals surface area (Å²) in [5.41, 5.74) is 0. The van der Waals surface area contributed by atoms with Gasteiger partial charge in [-0.3, -0.25) is 0 Å². The van der Waals surface area contributed by atoms with Crippen LogP contribution in [0.3, 0.4) is 0 Å². The molecule has 1 aromatic rings. The average molecular weight is 305 g/mol. The third-order valence-corrected chi connectivity index (χ3v) is 6.08. The molecule has 2 heterocycles. The fourth-order valence-electron chi connectivity index (χ4n) is 2.06. The molecule has 1 atom stereocenters. The van der Waals surface area contributed by atoms with Crippen molar-refractivity contribution < 1.29 is 23.1 Å². The summed E-state index contributed by atoms with van der Waals surface area (Å²) < 4.78 is 31.7. The van der Waals surface area contributed by atoms with Crippen LogP contribution in [0.15, 0.2) is 16.3 Å². The lowest BCUT2D eigenvalue weighted by Crippen LogP contribution is -2.48. The van der Waals surface area contributed by atoms with Gasteiger partial charge in [0.25, 0.3) is 0 Å². The first-order chi connectivity index (χ1) is 8.98. The summed E-state index contributed by atoms with van der Waals surface area (Å²) in [5, 5.41) is 10.5. The van der Waals surface area contributed by atoms with Crippen LogP contribution in [0.1, 0.15) is 23.0 Å². The van der Waals surface area contributed by atoms with E-state index in [1.807, 2.05) is 6.92 Å². The molecule has 6 nitrogen and oxygen atoms in total. The lowest BCUT2D eigenvalue weighted by molar-refractivity contribution is 0.0314. The largest absolute Gasteiger partial charge is 0.477 e. The molecular formula is C11H15NO5S2. The number of hydrogen-bond donors (Lipinski definition) is 1. The molecule has 0 bridgehead atoms. The highest BCUT2D eigenvalue weighted by Crippen LogP contribution is 2.28. The molecule has 0 radical (unpaired) electrons. The molecular weight excluding hydrogens is 290 g/mol. The van der Waals surface area contributed by atoms with Gasteiger partial charge in [0.15, 0.2) is 0 Å². The Bertz CT molecular complexity index is 565. The van der Waals surface area contributed by atoms with Gasteiger partial charge in [-0.25, -0.2) is 13.2 Å². The van der Waals surface area contributed by atoms with E-state index in [0.717, 1.165) is 11.3 Å². The third-order valence-electron chi connectivity index (χ3n) is 3.05. The Balaban J connectivity index is 2.41. The van der Waals surface area contributed by atoms with Crippen molar-refractivity contribution in [3.8, 4) is 0 Å². The second-order valence-electron chi connectivity index (χ2n) is 4.17. The van der Waals surface area contributed by atoms with Crippen molar-refractivity contribution in [3.63, 3.8) is 0 Å². The molecule has 1 unspecified atom stereocenters. The van der Waals surface area contributed by atoms with Crippen LogP contribution in [0.4, 0.5) is 0 Å². The quantitative estimate of drug-likeness (QED) is 0.905. The number of ether oxygens (including phenoxy) is 1. The van der Waals surface area contributed by atoms with Crippen molar-refractivity contribution in [2.24, 2.45) is 0 Å². The Morgan fingerprint density at radius 1 is 1.63 bits per heavy atom. The van der Waals surface area contributed by atoms with Gasteiger partial charge in [0.2, 0.25) is 10.0 Å². The molecule has 1 fully saturated rings. The van der Waals surface area contributed by atoms with Crippen molar-refractivity contribution in [3.05, 3.63) is 16.3 Å². The van der Waals surface area contributed by atoms with E-state index < -0.39 is 16.0 Å². The van der Waals surface area contributed by atoms with Gasteiger partial charge >= 0.3 is 5.97 Å². The summed E-state index contributed by atoms with van der Waals surface area (Å²) in [7, 11) is -3.77. The Kier molecular flexibility index (Phi) is 4.24. The highest BCUT2D eigenvalue weighted by molar-refractivity contribution is 7.89. The molecule has 0 aromatic carbocycles. The molecule has 106 valence electrons. The minimum absolute atomic E-state index is 0.120. The van der Waals surface area contributed by atoms with Crippen LogP contribution in [-0.2, 0) is 14.8 Å². The molecule has 1 aromatic heterocycles. The SMILES string of the molecule is CCC1COCCN1S(=O)(=O)c1ccsc1C(=O)O. The molecule has 0 aliphatic carbocycles. The van der Waals surface area contributed by atoms with E-state index in [2.05, 4.69) is 0 Å². The monoisotopic (exact) mass is 305 g/mol. The molecule has 1 N–H and O–H groups in total. The molecule has 1 aliphatic rings. The first-order valence-corrected chi connectivity index (χ1v) is 8.20. The van der Waals surface area contributed by atoms with E-state index >= 15 is 0 Å². The summed E-state index contributed by atoms with van der Waals surface area (Å²) >= 11 is 0.921. The lowest BCUT2D eigenvalue weighted by Gasteiger charge is -2.33. The second kappa shape index (κ2) is 5.58. The number of sulfonamides is 1. The number of nitrogens with zero attached hydrogens (tertiary/aromatic N) is 1. The van der Waals surface area contributed by atoms with E-state index in [4.69, 9.17) is 9.84 Å². The standard InChI is InChI=1S/C11H15NO5S2/c1-2-8-7-17-5-4-12(8)19(15,16)9-3-6-18-10(9)11(13)14/h3,6,8H,2,4-5,7H2,1H3,(H,13,14). The van der Waals surface area contributed by atoms with Crippen LogP contribution in [0.25, 0.3) is 0 Å². The normalized spacial score (nSPS) is 21.4. The van der Waals surface area contributed by atoms with Crippen molar-refractivity contribution in [1.82, 2.24) is 4.31 Å². The average Bonchev–Trinajstić information content (AvgIpc) is 2.88. The summed E-state index contributed by atoms with van der Waals surface area (Å²) in [5.74, 6) is -1.21. The van der Waals surface area contributed by atoms with E-state index in [1.54, 1.807) is 0 Å². The molecule has 1 saturated heterocycles. The van der Waals surface area contributed by atoms with Gasteiger partial charge in [-0.05, 0) is 17.9 Å². The third kappa shape index (κ3) is 2.66. The number of hydrogen-bond acceptors (Lipinski definition) is 5. The molecule has 0 spiro atoms. The maximum atomic E-state index is 12.6. The number of thiophene rings is 1. The number of carboxylic acid groups (broad SMARTS) is 1. The Morgan fingerprint density at radius 2 is 2.37 bits per heavy atom. The van der Waals surface area contributed by atoms with E-state index in [1.165, 1.54) is 15.8 Å². The first kappa shape index (κ1) is 14.4. The zero-order valence-electron chi connectivity index (χ0n) is 10.4. The minimum atomic E-state index is -3.77.